The van der Waals surface area contributed by atoms with Crippen molar-refractivity contribution in [3.8, 4) is 34.8 Å². The van der Waals surface area contributed by atoms with Gasteiger partial charge in [-0.3, -0.25) is 29.4 Å². The lowest BCUT2D eigenvalue weighted by Gasteiger charge is -2.46. The molecular formula is C63H54N4O13. The van der Waals surface area contributed by atoms with E-state index in [0.29, 0.717) is 62.8 Å². The van der Waals surface area contributed by atoms with Gasteiger partial charge in [0.15, 0.2) is 11.5 Å². The summed E-state index contributed by atoms with van der Waals surface area (Å²) in [6, 6.07) is 43.4. The van der Waals surface area contributed by atoms with Gasteiger partial charge in [0.05, 0.1) is 56.5 Å². The molecule has 404 valence electrons. The fourth-order valence-electron chi connectivity index (χ4n) is 11.9. The van der Waals surface area contributed by atoms with Crippen LogP contribution < -0.4 is 23.8 Å². The molecule has 1 spiro atoms. The molecule has 17 nitrogen and oxygen atoms in total. The number of morpholine rings is 1. The van der Waals surface area contributed by atoms with Crippen molar-refractivity contribution in [2.24, 2.45) is 5.92 Å². The number of rotatable bonds is 13. The Morgan fingerprint density at radius 2 is 1.39 bits per heavy atom. The van der Waals surface area contributed by atoms with Gasteiger partial charge >= 0.3 is 12.1 Å². The number of imide groups is 1. The maximum atomic E-state index is 17.0. The monoisotopic (exact) mass is 1070 g/mol. The number of benzene rings is 7. The molecule has 0 unspecified atom stereocenters. The summed E-state index contributed by atoms with van der Waals surface area (Å²) in [5.41, 5.74) is 2.91. The van der Waals surface area contributed by atoms with E-state index in [9.17, 15) is 15.2 Å². The summed E-state index contributed by atoms with van der Waals surface area (Å²) < 4.78 is 35.5. The summed E-state index contributed by atoms with van der Waals surface area (Å²) in [4.78, 5) is 80.2. The second-order valence-electron chi connectivity index (χ2n) is 19.7. The zero-order chi connectivity index (χ0) is 55.7. The number of hydrogen-bond donors (Lipinski definition) is 1. The highest BCUT2D eigenvalue weighted by atomic mass is 16.6. The van der Waals surface area contributed by atoms with Crippen LogP contribution in [0, 0.1) is 27.9 Å². The van der Waals surface area contributed by atoms with Crippen LogP contribution in [-0.4, -0.2) is 90.8 Å². The molecule has 4 aliphatic heterocycles. The van der Waals surface area contributed by atoms with E-state index in [1.54, 1.807) is 85.8 Å². The number of non-ortho nitro benzene ring substituents is 1. The lowest BCUT2D eigenvalue weighted by atomic mass is 9.64. The van der Waals surface area contributed by atoms with E-state index in [1.165, 1.54) is 31.4 Å². The molecule has 0 aliphatic carbocycles. The highest BCUT2D eigenvalue weighted by molar-refractivity contribution is 6.23. The first-order valence-electron chi connectivity index (χ1n) is 26.0. The first-order valence-corrected chi connectivity index (χ1v) is 26.0. The van der Waals surface area contributed by atoms with Crippen LogP contribution in [0.3, 0.4) is 0 Å². The smallest absolute Gasteiger partial charge is 0.421 e. The SMILES string of the molecule is COc1ccc(C#Cc2ccc3c(c2)[C@]2(C(=O)N3C(=O)OCc3ccc([N+](=O)[O-])cc3)[C@H](c3cccc(OCCO)c3)N3[C@H](c4ccccc4)[C@H](c4ccccc4)OC(=O)[C@H]3[C@@H]2C(=O)N2CCc3cc(OC)c(OC)cc3C2)cc1. The Labute approximate surface area is 460 Å². The van der Waals surface area contributed by atoms with Crippen molar-refractivity contribution in [1.29, 1.82) is 0 Å². The number of carbonyl (C=O) groups is 4. The number of carbonyl (C=O) groups excluding carboxylic acids is 4. The molecule has 0 bridgehead atoms. The van der Waals surface area contributed by atoms with Crippen LogP contribution in [0.25, 0.3) is 0 Å². The second-order valence-corrected chi connectivity index (χ2v) is 19.7. The number of aliphatic hydroxyl groups excluding tert-OH is 1. The number of methoxy groups -OCH3 is 3. The Bertz CT molecular complexity index is 3590. The minimum Gasteiger partial charge on any atom is -0.497 e. The number of nitrogens with zero attached hydrogens (tertiary/aromatic N) is 4. The molecule has 80 heavy (non-hydrogen) atoms. The van der Waals surface area contributed by atoms with Gasteiger partial charge < -0.3 is 38.4 Å². The second kappa shape index (κ2) is 22.1. The molecule has 0 radical (unpaired) electrons. The van der Waals surface area contributed by atoms with Crippen LogP contribution in [0.5, 0.6) is 23.0 Å². The third-order valence-electron chi connectivity index (χ3n) is 15.4. The molecule has 7 aromatic rings. The summed E-state index contributed by atoms with van der Waals surface area (Å²) in [7, 11) is 4.65. The molecule has 11 rings (SSSR count). The number of fused-ring (bicyclic) bond motifs is 4. The molecule has 7 aromatic carbocycles. The maximum absolute atomic E-state index is 17.0. The van der Waals surface area contributed by atoms with Gasteiger partial charge in [-0.05, 0) is 124 Å². The van der Waals surface area contributed by atoms with Crippen molar-refractivity contribution in [2.45, 2.75) is 49.2 Å². The highest BCUT2D eigenvalue weighted by Gasteiger charge is 2.76. The molecule has 6 atom stereocenters. The van der Waals surface area contributed by atoms with E-state index in [-0.39, 0.29) is 49.8 Å². The predicted molar refractivity (Wildman–Crippen MR) is 292 cm³/mol. The fourth-order valence-corrected chi connectivity index (χ4v) is 11.9. The average Bonchev–Trinajstić information content (AvgIpc) is 4.06. The molecule has 17 heteroatoms. The minimum absolute atomic E-state index is 0.0577. The van der Waals surface area contributed by atoms with Gasteiger partial charge in [0.25, 0.3) is 5.69 Å². The Morgan fingerprint density at radius 3 is 2.06 bits per heavy atom. The zero-order valence-corrected chi connectivity index (χ0v) is 43.9. The number of amides is 3. The largest absolute Gasteiger partial charge is 0.497 e. The zero-order valence-electron chi connectivity index (χ0n) is 43.9. The highest BCUT2D eigenvalue weighted by Crippen LogP contribution is 2.66. The van der Waals surface area contributed by atoms with Crippen LogP contribution in [0.15, 0.2) is 164 Å². The topological polar surface area (TPSA) is 197 Å². The third-order valence-corrected chi connectivity index (χ3v) is 15.4. The molecule has 2 fully saturated rings. The first kappa shape index (κ1) is 52.5. The van der Waals surface area contributed by atoms with Crippen LogP contribution in [0.2, 0.25) is 0 Å². The summed E-state index contributed by atoms with van der Waals surface area (Å²) >= 11 is 0. The summed E-state index contributed by atoms with van der Waals surface area (Å²) in [6.07, 6.45) is -1.71. The van der Waals surface area contributed by atoms with E-state index in [2.05, 4.69) is 11.8 Å². The Morgan fingerprint density at radius 1 is 0.725 bits per heavy atom. The number of esters is 1. The van der Waals surface area contributed by atoms with Gasteiger partial charge in [-0.25, -0.2) is 9.69 Å². The van der Waals surface area contributed by atoms with Gasteiger partial charge in [0, 0.05) is 36.3 Å². The molecule has 3 amide bonds. The molecular weight excluding hydrogens is 1020 g/mol. The quantitative estimate of drug-likeness (QED) is 0.0497. The van der Waals surface area contributed by atoms with Crippen molar-refractivity contribution in [3.05, 3.63) is 224 Å². The van der Waals surface area contributed by atoms with E-state index in [0.717, 1.165) is 16.0 Å². The number of nitro groups is 1. The van der Waals surface area contributed by atoms with Crippen molar-refractivity contribution < 1.29 is 57.6 Å². The maximum Gasteiger partial charge on any atom is 0.421 e. The summed E-state index contributed by atoms with van der Waals surface area (Å²) in [5.74, 6) is 4.60. The van der Waals surface area contributed by atoms with Crippen LogP contribution in [-0.2, 0) is 48.8 Å². The standard InChI is InChI=1S/C63H54N4O13/c1-75-48-26-21-39(22-27-48)17-18-40-23-28-51-50(33-40)63(61(71)65(51)62(72)79-38-41-19-24-47(25-20-41)67(73)74)54(59(69)64-30-29-44-35-52(76-2)53(77-3)36-46(44)37-64)56-60(70)80-57(43-13-8-5-9-14-43)55(42-11-6-4-7-12-42)66(56)58(63)45-15-10-16-49(34-45)78-32-31-68/h4-16,19-28,33-36,54-58,68H,29-32,37-38H2,1-3H3/t54-,55-,56-,57+,58+,63-/m1/s1. The normalized spacial score (nSPS) is 20.8. The van der Waals surface area contributed by atoms with Gasteiger partial charge in [0.2, 0.25) is 11.8 Å². The third kappa shape index (κ3) is 9.37. The molecule has 1 N–H and O–H groups in total. The molecule has 2 saturated heterocycles. The number of cyclic esters (lactones) is 1. The number of hydrogen-bond acceptors (Lipinski definition) is 14. The predicted octanol–water partition coefficient (Wildman–Crippen LogP) is 8.98. The van der Waals surface area contributed by atoms with E-state index >= 15 is 19.2 Å². The minimum atomic E-state index is -2.17. The lowest BCUT2D eigenvalue weighted by molar-refractivity contribution is -0.384. The Kier molecular flexibility index (Phi) is 14.5. The van der Waals surface area contributed by atoms with E-state index in [1.807, 2.05) is 77.7 Å². The van der Waals surface area contributed by atoms with Crippen LogP contribution in [0.1, 0.15) is 68.3 Å². The van der Waals surface area contributed by atoms with E-state index in [4.69, 9.17) is 28.4 Å². The van der Waals surface area contributed by atoms with Crippen molar-refractivity contribution >= 4 is 35.3 Å². The Balaban J connectivity index is 1.18. The average molecular weight is 1080 g/mol. The van der Waals surface area contributed by atoms with Crippen molar-refractivity contribution in [2.75, 3.05) is 46.0 Å². The number of ether oxygens (including phenoxy) is 6. The lowest BCUT2D eigenvalue weighted by Crippen LogP contribution is -2.57. The number of aliphatic hydroxyl groups is 1. The fraction of sp³-hybridized carbons (Fsp3) is 0.238. The van der Waals surface area contributed by atoms with Crippen molar-refractivity contribution in [3.63, 3.8) is 0 Å². The number of nitro benzene ring substituents is 1. The summed E-state index contributed by atoms with van der Waals surface area (Å²) in [6.45, 7) is -0.524. The molecule has 4 heterocycles. The van der Waals surface area contributed by atoms with Crippen molar-refractivity contribution in [1.82, 2.24) is 9.80 Å². The molecule has 0 saturated carbocycles. The van der Waals surface area contributed by atoms with Crippen LogP contribution >= 0.6 is 0 Å². The molecule has 0 aromatic heterocycles. The van der Waals surface area contributed by atoms with Gasteiger partial charge in [-0.1, -0.05) is 84.6 Å². The van der Waals surface area contributed by atoms with Gasteiger partial charge in [0.1, 0.15) is 42.3 Å². The Hall–Kier alpha value is -9.50. The molecule has 4 aliphatic rings. The number of anilines is 1. The van der Waals surface area contributed by atoms with Crippen LogP contribution in [0.4, 0.5) is 16.2 Å². The first-order chi connectivity index (χ1) is 39.0. The van der Waals surface area contributed by atoms with E-state index < -0.39 is 64.4 Å². The summed E-state index contributed by atoms with van der Waals surface area (Å²) in [5, 5.41) is 21.5. The van der Waals surface area contributed by atoms with Gasteiger partial charge in [-0.2, -0.15) is 0 Å². The van der Waals surface area contributed by atoms with Gasteiger partial charge in [-0.15, -0.1) is 0 Å².